The van der Waals surface area contributed by atoms with Crippen LogP contribution >= 0.6 is 0 Å². The summed E-state index contributed by atoms with van der Waals surface area (Å²) in [6.45, 7) is 5.76. The molecule has 15 heavy (non-hydrogen) atoms. The van der Waals surface area contributed by atoms with Gasteiger partial charge in [-0.15, -0.1) is 0 Å². The third-order valence-electron chi connectivity index (χ3n) is 2.20. The van der Waals surface area contributed by atoms with Crippen molar-refractivity contribution in [2.24, 2.45) is 0 Å². The molecule has 0 atom stereocenters. The standard InChI is InChI=1S/C13H18FN/c1-3-8-15-9-4-5-12-7-6-11(2)13(14)10-12/h4-7,10,15H,3,8-9H2,1-2H3. The quantitative estimate of drug-likeness (QED) is 0.731. The van der Waals surface area contributed by atoms with Gasteiger partial charge in [0.15, 0.2) is 0 Å². The van der Waals surface area contributed by atoms with Crippen molar-refractivity contribution in [3.05, 3.63) is 41.2 Å². The van der Waals surface area contributed by atoms with E-state index in [1.165, 1.54) is 0 Å². The van der Waals surface area contributed by atoms with Crippen LogP contribution in [0.5, 0.6) is 0 Å². The van der Waals surface area contributed by atoms with Crippen molar-refractivity contribution in [3.8, 4) is 0 Å². The van der Waals surface area contributed by atoms with Crippen LogP contribution in [0.2, 0.25) is 0 Å². The Kier molecular flexibility index (Phi) is 5.05. The largest absolute Gasteiger partial charge is 0.313 e. The highest BCUT2D eigenvalue weighted by Crippen LogP contribution is 2.10. The SMILES string of the molecule is CCCNCC=Cc1ccc(C)c(F)c1. The predicted molar refractivity (Wildman–Crippen MR) is 63.3 cm³/mol. The first-order valence-corrected chi connectivity index (χ1v) is 5.37. The number of hydrogen-bond donors (Lipinski definition) is 1. The third kappa shape index (κ3) is 4.26. The van der Waals surface area contributed by atoms with Crippen LogP contribution < -0.4 is 5.32 Å². The summed E-state index contributed by atoms with van der Waals surface area (Å²) in [6, 6.07) is 5.29. The molecule has 0 heterocycles. The second-order valence-corrected chi connectivity index (χ2v) is 3.62. The van der Waals surface area contributed by atoms with Crippen LogP contribution in [0.1, 0.15) is 24.5 Å². The van der Waals surface area contributed by atoms with Crippen molar-refractivity contribution in [1.29, 1.82) is 0 Å². The molecule has 1 aromatic carbocycles. The first-order chi connectivity index (χ1) is 7.24. The van der Waals surface area contributed by atoms with Gasteiger partial charge in [0.25, 0.3) is 0 Å². The van der Waals surface area contributed by atoms with Crippen molar-refractivity contribution in [2.75, 3.05) is 13.1 Å². The molecule has 0 fully saturated rings. The molecule has 0 radical (unpaired) electrons. The van der Waals surface area contributed by atoms with Crippen molar-refractivity contribution in [3.63, 3.8) is 0 Å². The van der Waals surface area contributed by atoms with Gasteiger partial charge in [-0.25, -0.2) is 4.39 Å². The highest BCUT2D eigenvalue weighted by atomic mass is 19.1. The second-order valence-electron chi connectivity index (χ2n) is 3.62. The molecule has 1 rings (SSSR count). The number of rotatable bonds is 5. The zero-order chi connectivity index (χ0) is 11.1. The van der Waals surface area contributed by atoms with Gasteiger partial charge >= 0.3 is 0 Å². The number of halogens is 1. The molecule has 0 bridgehead atoms. The van der Waals surface area contributed by atoms with E-state index in [2.05, 4.69) is 12.2 Å². The summed E-state index contributed by atoms with van der Waals surface area (Å²) in [5, 5.41) is 3.25. The molecule has 0 saturated carbocycles. The minimum Gasteiger partial charge on any atom is -0.313 e. The highest BCUT2D eigenvalue weighted by Gasteiger charge is 1.95. The maximum atomic E-state index is 13.2. The summed E-state index contributed by atoms with van der Waals surface area (Å²) < 4.78 is 13.2. The molecule has 0 aliphatic heterocycles. The van der Waals surface area contributed by atoms with Crippen molar-refractivity contribution >= 4 is 6.08 Å². The van der Waals surface area contributed by atoms with E-state index in [9.17, 15) is 4.39 Å². The van der Waals surface area contributed by atoms with E-state index >= 15 is 0 Å². The molecule has 0 spiro atoms. The minimum absolute atomic E-state index is 0.140. The van der Waals surface area contributed by atoms with E-state index in [1.54, 1.807) is 19.1 Å². The fourth-order valence-electron chi connectivity index (χ4n) is 1.27. The van der Waals surface area contributed by atoms with E-state index in [-0.39, 0.29) is 5.82 Å². The second kappa shape index (κ2) is 6.36. The molecule has 2 heteroatoms. The fourth-order valence-corrected chi connectivity index (χ4v) is 1.27. The number of benzene rings is 1. The summed E-state index contributed by atoms with van der Waals surface area (Å²) in [5.74, 6) is -0.140. The highest BCUT2D eigenvalue weighted by molar-refractivity contribution is 5.50. The molecule has 1 N–H and O–H groups in total. The van der Waals surface area contributed by atoms with Gasteiger partial charge in [0.05, 0.1) is 0 Å². The molecule has 0 saturated heterocycles. The Morgan fingerprint density at radius 1 is 1.40 bits per heavy atom. The van der Waals surface area contributed by atoms with Gasteiger partial charge in [-0.05, 0) is 37.1 Å². The molecule has 0 aliphatic rings. The number of nitrogens with one attached hydrogen (secondary N) is 1. The fraction of sp³-hybridized carbons (Fsp3) is 0.385. The lowest BCUT2D eigenvalue weighted by molar-refractivity contribution is 0.618. The summed E-state index contributed by atoms with van der Waals surface area (Å²) in [6.07, 6.45) is 5.08. The van der Waals surface area contributed by atoms with Gasteiger partial charge in [-0.2, -0.15) is 0 Å². The van der Waals surface area contributed by atoms with Gasteiger partial charge in [0.1, 0.15) is 5.82 Å². The van der Waals surface area contributed by atoms with Gasteiger partial charge < -0.3 is 5.32 Å². The Bertz CT molecular complexity index is 331. The Hall–Kier alpha value is -1.15. The molecule has 0 unspecified atom stereocenters. The van der Waals surface area contributed by atoms with Crippen molar-refractivity contribution < 1.29 is 4.39 Å². The Balaban J connectivity index is 2.46. The molecule has 1 aromatic rings. The Morgan fingerprint density at radius 2 is 2.20 bits per heavy atom. The molecule has 82 valence electrons. The Labute approximate surface area is 91.0 Å². The summed E-state index contributed by atoms with van der Waals surface area (Å²) in [5.41, 5.74) is 1.60. The monoisotopic (exact) mass is 207 g/mol. The van der Waals surface area contributed by atoms with Crippen LogP contribution in [0, 0.1) is 12.7 Å². The van der Waals surface area contributed by atoms with Crippen LogP contribution in [-0.2, 0) is 0 Å². The van der Waals surface area contributed by atoms with Crippen molar-refractivity contribution in [1.82, 2.24) is 5.32 Å². The van der Waals surface area contributed by atoms with E-state index in [1.807, 2.05) is 18.2 Å². The maximum absolute atomic E-state index is 13.2. The first-order valence-electron chi connectivity index (χ1n) is 5.37. The lowest BCUT2D eigenvalue weighted by Gasteiger charge is -1.99. The summed E-state index contributed by atoms with van der Waals surface area (Å²) in [7, 11) is 0. The van der Waals surface area contributed by atoms with E-state index in [0.29, 0.717) is 5.56 Å². The van der Waals surface area contributed by atoms with Crippen LogP contribution in [0.25, 0.3) is 6.08 Å². The van der Waals surface area contributed by atoms with Gasteiger partial charge in [-0.3, -0.25) is 0 Å². The molecular formula is C13H18FN. The van der Waals surface area contributed by atoms with Gasteiger partial charge in [-0.1, -0.05) is 31.2 Å². The van der Waals surface area contributed by atoms with Gasteiger partial charge in [0.2, 0.25) is 0 Å². The van der Waals surface area contributed by atoms with E-state index < -0.39 is 0 Å². The van der Waals surface area contributed by atoms with E-state index in [0.717, 1.165) is 25.1 Å². The summed E-state index contributed by atoms with van der Waals surface area (Å²) >= 11 is 0. The Morgan fingerprint density at radius 3 is 2.87 bits per heavy atom. The van der Waals surface area contributed by atoms with Crippen molar-refractivity contribution in [2.45, 2.75) is 20.3 Å². The molecule has 0 aliphatic carbocycles. The van der Waals surface area contributed by atoms with Crippen LogP contribution in [0.4, 0.5) is 4.39 Å². The number of hydrogen-bond acceptors (Lipinski definition) is 1. The lowest BCUT2D eigenvalue weighted by atomic mass is 10.1. The van der Waals surface area contributed by atoms with Crippen LogP contribution in [-0.4, -0.2) is 13.1 Å². The van der Waals surface area contributed by atoms with Gasteiger partial charge in [0, 0.05) is 6.54 Å². The minimum atomic E-state index is -0.140. The third-order valence-corrected chi connectivity index (χ3v) is 2.20. The lowest BCUT2D eigenvalue weighted by Crippen LogP contribution is -2.13. The predicted octanol–water partition coefficient (Wildman–Crippen LogP) is 3.15. The number of aryl methyl sites for hydroxylation is 1. The van der Waals surface area contributed by atoms with Crippen LogP contribution in [0.15, 0.2) is 24.3 Å². The van der Waals surface area contributed by atoms with Crippen LogP contribution in [0.3, 0.4) is 0 Å². The molecule has 1 nitrogen and oxygen atoms in total. The maximum Gasteiger partial charge on any atom is 0.126 e. The topological polar surface area (TPSA) is 12.0 Å². The zero-order valence-corrected chi connectivity index (χ0v) is 9.39. The average Bonchev–Trinajstić information content (AvgIpc) is 2.23. The normalized spacial score (nSPS) is 11.1. The molecular weight excluding hydrogens is 189 g/mol. The molecule has 0 aromatic heterocycles. The smallest absolute Gasteiger partial charge is 0.126 e. The zero-order valence-electron chi connectivity index (χ0n) is 9.39. The molecule has 0 amide bonds. The average molecular weight is 207 g/mol. The first kappa shape index (κ1) is 11.9. The van der Waals surface area contributed by atoms with E-state index in [4.69, 9.17) is 0 Å². The summed E-state index contributed by atoms with van der Waals surface area (Å²) in [4.78, 5) is 0.